The Morgan fingerprint density at radius 2 is 1.81 bits per heavy atom. The minimum absolute atomic E-state index is 0.460. The summed E-state index contributed by atoms with van der Waals surface area (Å²) in [4.78, 5) is 2.31. The monoisotopic (exact) mass is 219 g/mol. The SMILES string of the molecule is CC(C)c1ccc(N2CC(C(C)C)C2)nn1. The Hall–Kier alpha value is -1.12. The number of hydrogen-bond acceptors (Lipinski definition) is 3. The molecule has 1 aliphatic heterocycles. The summed E-state index contributed by atoms with van der Waals surface area (Å²) in [5.74, 6) is 3.09. The van der Waals surface area contributed by atoms with E-state index in [4.69, 9.17) is 0 Å². The fourth-order valence-corrected chi connectivity index (χ4v) is 1.93. The molecular weight excluding hydrogens is 198 g/mol. The molecule has 3 nitrogen and oxygen atoms in total. The van der Waals surface area contributed by atoms with Crippen molar-refractivity contribution >= 4 is 5.82 Å². The second-order valence-corrected chi connectivity index (χ2v) is 5.38. The molecule has 1 fully saturated rings. The smallest absolute Gasteiger partial charge is 0.151 e. The van der Waals surface area contributed by atoms with Crippen molar-refractivity contribution in [3.8, 4) is 0 Å². The Bertz CT molecular complexity index is 337. The normalized spacial score (nSPS) is 17.0. The Labute approximate surface area is 97.9 Å². The molecule has 2 heterocycles. The van der Waals surface area contributed by atoms with Crippen molar-refractivity contribution in [2.24, 2.45) is 11.8 Å². The largest absolute Gasteiger partial charge is 0.354 e. The van der Waals surface area contributed by atoms with Gasteiger partial charge in [0.25, 0.3) is 0 Å². The summed E-state index contributed by atoms with van der Waals surface area (Å²) >= 11 is 0. The van der Waals surface area contributed by atoms with E-state index in [2.05, 4.69) is 54.9 Å². The van der Waals surface area contributed by atoms with Crippen LogP contribution in [-0.4, -0.2) is 23.3 Å². The molecule has 0 unspecified atom stereocenters. The van der Waals surface area contributed by atoms with Gasteiger partial charge in [-0.15, -0.1) is 5.10 Å². The van der Waals surface area contributed by atoms with Crippen LogP contribution < -0.4 is 4.90 Å². The lowest BCUT2D eigenvalue weighted by Gasteiger charge is -2.42. The first kappa shape index (κ1) is 11.4. The van der Waals surface area contributed by atoms with Crippen LogP contribution >= 0.6 is 0 Å². The molecule has 1 aliphatic rings. The van der Waals surface area contributed by atoms with Crippen LogP contribution in [0.15, 0.2) is 12.1 Å². The van der Waals surface area contributed by atoms with E-state index in [1.165, 1.54) is 0 Å². The first-order valence-corrected chi connectivity index (χ1v) is 6.16. The van der Waals surface area contributed by atoms with Crippen molar-refractivity contribution in [1.29, 1.82) is 0 Å². The molecule has 3 heteroatoms. The fraction of sp³-hybridized carbons (Fsp3) is 0.692. The maximum Gasteiger partial charge on any atom is 0.151 e. The van der Waals surface area contributed by atoms with Crippen LogP contribution in [0.5, 0.6) is 0 Å². The number of nitrogens with zero attached hydrogens (tertiary/aromatic N) is 3. The van der Waals surface area contributed by atoms with Gasteiger partial charge in [0.1, 0.15) is 0 Å². The van der Waals surface area contributed by atoms with Gasteiger partial charge in [-0.3, -0.25) is 0 Å². The zero-order valence-electron chi connectivity index (χ0n) is 10.6. The van der Waals surface area contributed by atoms with Crippen LogP contribution in [0.3, 0.4) is 0 Å². The summed E-state index contributed by atoms with van der Waals surface area (Å²) in [5, 5.41) is 8.55. The Balaban J connectivity index is 1.97. The summed E-state index contributed by atoms with van der Waals surface area (Å²) in [5.41, 5.74) is 1.07. The van der Waals surface area contributed by atoms with Gasteiger partial charge < -0.3 is 4.90 Å². The van der Waals surface area contributed by atoms with Crippen molar-refractivity contribution in [3.63, 3.8) is 0 Å². The molecule has 1 aromatic rings. The Kier molecular flexibility index (Phi) is 3.13. The summed E-state index contributed by atoms with van der Waals surface area (Å²) in [6.07, 6.45) is 0. The standard InChI is InChI=1S/C13H21N3/c1-9(2)11-7-16(8-11)13-6-5-12(10(3)4)14-15-13/h5-6,9-11H,7-8H2,1-4H3. The third-order valence-corrected chi connectivity index (χ3v) is 3.44. The van der Waals surface area contributed by atoms with Gasteiger partial charge in [-0.2, -0.15) is 5.10 Å². The van der Waals surface area contributed by atoms with Gasteiger partial charge in [0.15, 0.2) is 5.82 Å². The van der Waals surface area contributed by atoms with E-state index in [-0.39, 0.29) is 0 Å². The molecule has 88 valence electrons. The number of anilines is 1. The molecule has 0 amide bonds. The summed E-state index contributed by atoms with van der Waals surface area (Å²) in [7, 11) is 0. The third kappa shape index (κ3) is 2.18. The molecular formula is C13H21N3. The molecule has 1 saturated heterocycles. The highest BCUT2D eigenvalue weighted by Gasteiger charge is 2.29. The lowest BCUT2D eigenvalue weighted by molar-refractivity contribution is 0.307. The molecule has 0 radical (unpaired) electrons. The lowest BCUT2D eigenvalue weighted by Crippen LogP contribution is -2.49. The minimum Gasteiger partial charge on any atom is -0.354 e. The van der Waals surface area contributed by atoms with Crippen molar-refractivity contribution < 1.29 is 0 Å². The molecule has 0 saturated carbocycles. The predicted molar refractivity (Wildman–Crippen MR) is 66.7 cm³/mol. The van der Waals surface area contributed by atoms with E-state index in [1.54, 1.807) is 0 Å². The summed E-state index contributed by atoms with van der Waals surface area (Å²) in [6.45, 7) is 11.1. The molecule has 0 aliphatic carbocycles. The van der Waals surface area contributed by atoms with E-state index >= 15 is 0 Å². The van der Waals surface area contributed by atoms with Crippen molar-refractivity contribution in [3.05, 3.63) is 17.8 Å². The highest BCUT2D eigenvalue weighted by atomic mass is 15.3. The van der Waals surface area contributed by atoms with Crippen LogP contribution in [0.1, 0.15) is 39.3 Å². The summed E-state index contributed by atoms with van der Waals surface area (Å²) < 4.78 is 0. The van der Waals surface area contributed by atoms with Crippen molar-refractivity contribution in [2.45, 2.75) is 33.6 Å². The average Bonchev–Trinajstić information content (AvgIpc) is 2.15. The van der Waals surface area contributed by atoms with Gasteiger partial charge in [0.05, 0.1) is 5.69 Å². The quantitative estimate of drug-likeness (QED) is 0.782. The molecule has 0 N–H and O–H groups in total. The lowest BCUT2D eigenvalue weighted by atomic mass is 9.88. The van der Waals surface area contributed by atoms with Crippen LogP contribution in [0.25, 0.3) is 0 Å². The maximum atomic E-state index is 4.29. The van der Waals surface area contributed by atoms with E-state index in [1.807, 2.05) is 0 Å². The Morgan fingerprint density at radius 3 is 2.25 bits per heavy atom. The third-order valence-electron chi connectivity index (χ3n) is 3.44. The minimum atomic E-state index is 0.460. The van der Waals surface area contributed by atoms with E-state index in [9.17, 15) is 0 Å². The molecule has 16 heavy (non-hydrogen) atoms. The molecule has 0 bridgehead atoms. The zero-order valence-corrected chi connectivity index (χ0v) is 10.6. The van der Waals surface area contributed by atoms with Crippen LogP contribution in [-0.2, 0) is 0 Å². The predicted octanol–water partition coefficient (Wildman–Crippen LogP) is 2.69. The molecule has 0 atom stereocenters. The highest BCUT2D eigenvalue weighted by Crippen LogP contribution is 2.27. The zero-order chi connectivity index (χ0) is 11.7. The van der Waals surface area contributed by atoms with Gasteiger partial charge in [0, 0.05) is 13.1 Å². The maximum absolute atomic E-state index is 4.29. The van der Waals surface area contributed by atoms with Crippen LogP contribution in [0.4, 0.5) is 5.82 Å². The van der Waals surface area contributed by atoms with Crippen molar-refractivity contribution in [1.82, 2.24) is 10.2 Å². The molecule has 0 aromatic carbocycles. The average molecular weight is 219 g/mol. The van der Waals surface area contributed by atoms with Gasteiger partial charge in [-0.1, -0.05) is 27.7 Å². The number of aromatic nitrogens is 2. The van der Waals surface area contributed by atoms with E-state index < -0.39 is 0 Å². The highest BCUT2D eigenvalue weighted by molar-refractivity contribution is 5.40. The van der Waals surface area contributed by atoms with Gasteiger partial charge in [-0.05, 0) is 29.9 Å². The molecule has 1 aromatic heterocycles. The second-order valence-electron chi connectivity index (χ2n) is 5.38. The first-order chi connectivity index (χ1) is 7.58. The van der Waals surface area contributed by atoms with Crippen LogP contribution in [0.2, 0.25) is 0 Å². The topological polar surface area (TPSA) is 29.0 Å². The second kappa shape index (κ2) is 4.40. The fourth-order valence-electron chi connectivity index (χ4n) is 1.93. The number of hydrogen-bond donors (Lipinski definition) is 0. The number of rotatable bonds is 3. The first-order valence-electron chi connectivity index (χ1n) is 6.16. The molecule has 0 spiro atoms. The summed E-state index contributed by atoms with van der Waals surface area (Å²) in [6, 6.07) is 4.19. The van der Waals surface area contributed by atoms with Crippen LogP contribution in [0, 0.1) is 11.8 Å². The van der Waals surface area contributed by atoms with Crippen molar-refractivity contribution in [2.75, 3.05) is 18.0 Å². The van der Waals surface area contributed by atoms with E-state index in [0.717, 1.165) is 36.4 Å². The van der Waals surface area contributed by atoms with Gasteiger partial charge >= 0.3 is 0 Å². The molecule has 2 rings (SSSR count). The Morgan fingerprint density at radius 1 is 1.12 bits per heavy atom. The van der Waals surface area contributed by atoms with Gasteiger partial charge in [-0.25, -0.2) is 0 Å². The van der Waals surface area contributed by atoms with E-state index in [0.29, 0.717) is 5.92 Å². The van der Waals surface area contributed by atoms with Gasteiger partial charge in [0.2, 0.25) is 0 Å².